The van der Waals surface area contributed by atoms with Crippen molar-refractivity contribution in [2.75, 3.05) is 11.9 Å². The van der Waals surface area contributed by atoms with Crippen LogP contribution in [0.4, 0.5) is 23.7 Å². The van der Waals surface area contributed by atoms with Crippen LogP contribution in [0.3, 0.4) is 0 Å². The molecule has 2 N–H and O–H groups in total. The zero-order chi connectivity index (χ0) is 21.9. The van der Waals surface area contributed by atoms with Crippen molar-refractivity contribution in [2.24, 2.45) is 5.92 Å². The maximum atomic E-state index is 13.0. The predicted octanol–water partition coefficient (Wildman–Crippen LogP) is 5.24. The molecule has 2 amide bonds. The molecule has 0 bridgehead atoms. The van der Waals surface area contributed by atoms with E-state index in [9.17, 15) is 22.8 Å². The monoisotopic (exact) mass is 417 g/mol. The van der Waals surface area contributed by atoms with Gasteiger partial charge in [0.25, 0.3) is 0 Å². The summed E-state index contributed by atoms with van der Waals surface area (Å²) in [5.74, 6) is 0.116. The zero-order valence-electron chi connectivity index (χ0n) is 16.6. The Morgan fingerprint density at radius 2 is 1.83 bits per heavy atom. The molecule has 0 spiro atoms. The second-order valence-corrected chi connectivity index (χ2v) is 7.49. The first-order valence-corrected chi connectivity index (χ1v) is 9.47. The first kappa shape index (κ1) is 21.4. The van der Waals surface area contributed by atoms with Crippen molar-refractivity contribution in [3.8, 4) is 0 Å². The van der Waals surface area contributed by atoms with Gasteiger partial charge in [0, 0.05) is 35.7 Å². The highest BCUT2D eigenvalue weighted by Gasteiger charge is 2.30. The first-order valence-electron chi connectivity index (χ1n) is 9.47. The number of hydrogen-bond acceptors (Lipinski definition) is 2. The third-order valence-electron chi connectivity index (χ3n) is 4.51. The van der Waals surface area contributed by atoms with Crippen molar-refractivity contribution in [2.45, 2.75) is 26.6 Å². The molecule has 0 aliphatic carbocycles. The summed E-state index contributed by atoms with van der Waals surface area (Å²) in [7, 11) is 0. The number of nitrogens with one attached hydrogen (secondary N) is 2. The van der Waals surface area contributed by atoms with Crippen molar-refractivity contribution in [3.05, 3.63) is 76.1 Å². The fourth-order valence-electron chi connectivity index (χ4n) is 3.25. The van der Waals surface area contributed by atoms with Crippen LogP contribution in [0.5, 0.6) is 0 Å². The van der Waals surface area contributed by atoms with Gasteiger partial charge in [0.05, 0.1) is 5.56 Å². The molecule has 0 aliphatic heterocycles. The lowest BCUT2D eigenvalue weighted by molar-refractivity contribution is -0.137. The number of benzene rings is 2. The lowest BCUT2D eigenvalue weighted by Gasteiger charge is -2.25. The molecule has 0 radical (unpaired) electrons. The number of urea groups is 1. The van der Waals surface area contributed by atoms with Crippen LogP contribution >= 0.6 is 0 Å². The Kier molecular flexibility index (Phi) is 6.14. The number of para-hydroxylation sites is 1. The van der Waals surface area contributed by atoms with Gasteiger partial charge in [-0.3, -0.25) is 4.79 Å². The lowest BCUT2D eigenvalue weighted by atomic mass is 10.1. The van der Waals surface area contributed by atoms with E-state index < -0.39 is 17.8 Å². The van der Waals surface area contributed by atoms with Crippen LogP contribution in [0.25, 0.3) is 10.9 Å². The van der Waals surface area contributed by atoms with Gasteiger partial charge < -0.3 is 15.2 Å². The zero-order valence-corrected chi connectivity index (χ0v) is 16.6. The molecule has 158 valence electrons. The Morgan fingerprint density at radius 3 is 2.53 bits per heavy atom. The second kappa shape index (κ2) is 8.61. The highest BCUT2D eigenvalue weighted by molar-refractivity contribution is 5.90. The molecule has 0 atom stereocenters. The average molecular weight is 417 g/mol. The summed E-state index contributed by atoms with van der Waals surface area (Å²) in [5, 5.41) is 3.35. The number of fused-ring (bicyclic) bond motifs is 1. The van der Waals surface area contributed by atoms with Gasteiger partial charge >= 0.3 is 12.2 Å². The Morgan fingerprint density at radius 1 is 1.10 bits per heavy atom. The largest absolute Gasteiger partial charge is 0.416 e. The molecule has 5 nitrogen and oxygen atoms in total. The highest BCUT2D eigenvalue weighted by Crippen LogP contribution is 2.30. The number of amides is 2. The molecular weight excluding hydrogens is 395 g/mol. The van der Waals surface area contributed by atoms with Crippen molar-refractivity contribution in [3.63, 3.8) is 0 Å². The summed E-state index contributed by atoms with van der Waals surface area (Å²) < 4.78 is 38.9. The molecule has 8 heteroatoms. The van der Waals surface area contributed by atoms with E-state index in [1.807, 2.05) is 26.0 Å². The van der Waals surface area contributed by atoms with Gasteiger partial charge in [-0.1, -0.05) is 38.1 Å². The highest BCUT2D eigenvalue weighted by atomic mass is 19.4. The maximum Gasteiger partial charge on any atom is 0.416 e. The topological polar surface area (TPSA) is 65.2 Å². The number of anilines is 1. The molecule has 30 heavy (non-hydrogen) atoms. The van der Waals surface area contributed by atoms with Crippen LogP contribution < -0.4 is 10.9 Å². The Hall–Kier alpha value is -3.29. The van der Waals surface area contributed by atoms with Gasteiger partial charge in [-0.15, -0.1) is 0 Å². The van der Waals surface area contributed by atoms with E-state index in [1.54, 1.807) is 12.1 Å². The van der Waals surface area contributed by atoms with E-state index >= 15 is 0 Å². The number of rotatable bonds is 5. The average Bonchev–Trinajstić information content (AvgIpc) is 2.66. The van der Waals surface area contributed by atoms with Crippen molar-refractivity contribution >= 4 is 22.6 Å². The van der Waals surface area contributed by atoms with Crippen LogP contribution in [-0.4, -0.2) is 22.5 Å². The summed E-state index contributed by atoms with van der Waals surface area (Å²) >= 11 is 0. The van der Waals surface area contributed by atoms with E-state index in [-0.39, 0.29) is 23.7 Å². The third kappa shape index (κ3) is 5.20. The Bertz CT molecular complexity index is 1110. The minimum Gasteiger partial charge on any atom is -0.322 e. The van der Waals surface area contributed by atoms with Crippen LogP contribution in [0.2, 0.25) is 0 Å². The van der Waals surface area contributed by atoms with E-state index in [4.69, 9.17) is 0 Å². The summed E-state index contributed by atoms with van der Waals surface area (Å²) in [4.78, 5) is 29.1. The number of H-pyrrole nitrogens is 1. The van der Waals surface area contributed by atoms with Crippen LogP contribution in [0, 0.1) is 5.92 Å². The molecule has 1 heterocycles. The first-order chi connectivity index (χ1) is 14.1. The maximum absolute atomic E-state index is 13.0. The van der Waals surface area contributed by atoms with E-state index in [2.05, 4.69) is 10.3 Å². The fraction of sp³-hybridized carbons (Fsp3) is 0.273. The molecule has 0 saturated carbocycles. The second-order valence-electron chi connectivity index (χ2n) is 7.49. The Balaban J connectivity index is 1.88. The summed E-state index contributed by atoms with van der Waals surface area (Å²) in [5.41, 5.74) is 0.249. The van der Waals surface area contributed by atoms with Gasteiger partial charge in [-0.25, -0.2) is 4.79 Å². The van der Waals surface area contributed by atoms with Crippen LogP contribution in [0.15, 0.2) is 59.4 Å². The summed E-state index contributed by atoms with van der Waals surface area (Å²) in [6.07, 6.45) is -4.50. The molecule has 0 unspecified atom stereocenters. The van der Waals surface area contributed by atoms with Gasteiger partial charge in [0.2, 0.25) is 5.56 Å². The van der Waals surface area contributed by atoms with Crippen molar-refractivity contribution in [1.82, 2.24) is 9.88 Å². The molecule has 3 rings (SSSR count). The van der Waals surface area contributed by atoms with Crippen LogP contribution in [-0.2, 0) is 12.7 Å². The lowest BCUT2D eigenvalue weighted by Crippen LogP contribution is -2.37. The quantitative estimate of drug-likeness (QED) is 0.597. The normalized spacial score (nSPS) is 11.7. The molecule has 0 saturated heterocycles. The van der Waals surface area contributed by atoms with Gasteiger partial charge in [0.1, 0.15) is 0 Å². The van der Waals surface area contributed by atoms with E-state index in [0.29, 0.717) is 17.6 Å². The minimum atomic E-state index is -4.50. The standard InChI is InChI=1S/C22H22F3N3O2/c1-14(2)12-28(13-15-10-20(29)27-19-9-4-3-8-18(15)19)21(30)26-17-7-5-6-16(11-17)22(23,24)25/h3-11,14H,12-13H2,1-2H3,(H,26,30)(H,27,29). The van der Waals surface area contributed by atoms with Gasteiger partial charge in [0.15, 0.2) is 0 Å². The minimum absolute atomic E-state index is 0.0550. The SMILES string of the molecule is CC(C)CN(Cc1cc(=O)[nH]c2ccccc12)C(=O)Nc1cccc(C(F)(F)F)c1. The van der Waals surface area contributed by atoms with Gasteiger partial charge in [-0.05, 0) is 35.7 Å². The number of hydrogen-bond donors (Lipinski definition) is 2. The number of halogens is 3. The van der Waals surface area contributed by atoms with Crippen molar-refractivity contribution < 1.29 is 18.0 Å². The summed E-state index contributed by atoms with van der Waals surface area (Å²) in [6.45, 7) is 4.38. The van der Waals surface area contributed by atoms with Gasteiger partial charge in [-0.2, -0.15) is 13.2 Å². The smallest absolute Gasteiger partial charge is 0.322 e. The fourth-order valence-corrected chi connectivity index (χ4v) is 3.25. The molecule has 3 aromatic rings. The van der Waals surface area contributed by atoms with Crippen LogP contribution in [0.1, 0.15) is 25.0 Å². The number of carbonyl (C=O) groups excluding carboxylic acids is 1. The Labute approximate surface area is 171 Å². The molecule has 2 aromatic carbocycles. The molecule has 0 fully saturated rings. The number of nitrogens with zero attached hydrogens (tertiary/aromatic N) is 1. The predicted molar refractivity (Wildman–Crippen MR) is 110 cm³/mol. The van der Waals surface area contributed by atoms with E-state index in [1.165, 1.54) is 23.1 Å². The third-order valence-corrected chi connectivity index (χ3v) is 4.51. The number of aromatic amines is 1. The number of alkyl halides is 3. The number of aromatic nitrogens is 1. The summed E-state index contributed by atoms with van der Waals surface area (Å²) in [6, 6.07) is 12.7. The van der Waals surface area contributed by atoms with E-state index in [0.717, 1.165) is 17.5 Å². The molecular formula is C22H22F3N3O2. The molecule has 0 aliphatic rings. The molecule has 1 aromatic heterocycles. The number of pyridine rings is 1. The number of carbonyl (C=O) groups is 1. The van der Waals surface area contributed by atoms with Crippen molar-refractivity contribution in [1.29, 1.82) is 0 Å².